The summed E-state index contributed by atoms with van der Waals surface area (Å²) in [5, 5.41) is 0. The first-order chi connectivity index (χ1) is 17.5. The van der Waals surface area contributed by atoms with Crippen LogP contribution in [0.3, 0.4) is 0 Å². The van der Waals surface area contributed by atoms with Crippen LogP contribution >= 0.6 is 0 Å². The molecule has 0 fully saturated rings. The van der Waals surface area contributed by atoms with E-state index in [-0.39, 0.29) is 29.3 Å². The smallest absolute Gasteiger partial charge is 0.416 e. The number of furan rings is 1. The first-order valence-corrected chi connectivity index (χ1v) is 12.2. The molecule has 1 amide bonds. The molecule has 0 N–H and O–H groups in total. The van der Waals surface area contributed by atoms with E-state index in [0.717, 1.165) is 42.5 Å². The molecule has 0 saturated carbocycles. The van der Waals surface area contributed by atoms with Crippen LogP contribution in [0.25, 0.3) is 0 Å². The number of halogens is 4. The number of benzene rings is 3. The van der Waals surface area contributed by atoms with Gasteiger partial charge in [0.2, 0.25) is 0 Å². The van der Waals surface area contributed by atoms with Gasteiger partial charge < -0.3 is 13.5 Å². The normalized spacial score (nSPS) is 11.8. The number of nitrogens with zero attached hydrogens (tertiary/aromatic N) is 1. The van der Waals surface area contributed by atoms with Crippen molar-refractivity contribution >= 4 is 16.0 Å². The van der Waals surface area contributed by atoms with Crippen molar-refractivity contribution in [2.75, 3.05) is 0 Å². The summed E-state index contributed by atoms with van der Waals surface area (Å²) in [6.45, 7) is -0.148. The molecule has 11 heteroatoms. The van der Waals surface area contributed by atoms with Crippen LogP contribution < -0.4 is 4.18 Å². The Bertz CT molecular complexity index is 1480. The van der Waals surface area contributed by atoms with Crippen molar-refractivity contribution in [3.63, 3.8) is 0 Å². The molecule has 0 unspecified atom stereocenters. The summed E-state index contributed by atoms with van der Waals surface area (Å²) in [6, 6.07) is 17.3. The summed E-state index contributed by atoms with van der Waals surface area (Å²) in [4.78, 5) is 14.3. The third-order valence-electron chi connectivity index (χ3n) is 5.23. The highest BCUT2D eigenvalue weighted by Gasteiger charge is 2.31. The van der Waals surface area contributed by atoms with E-state index >= 15 is 0 Å². The summed E-state index contributed by atoms with van der Waals surface area (Å²) >= 11 is 0. The van der Waals surface area contributed by atoms with Crippen LogP contribution in [-0.2, 0) is 29.4 Å². The fraction of sp³-hybridized carbons (Fsp3) is 0.115. The molecular formula is C26H19F4NO5S. The minimum atomic E-state index is -4.62. The third kappa shape index (κ3) is 6.56. The monoisotopic (exact) mass is 533 g/mol. The quantitative estimate of drug-likeness (QED) is 0.204. The predicted molar refractivity (Wildman–Crippen MR) is 124 cm³/mol. The topological polar surface area (TPSA) is 76.8 Å². The predicted octanol–water partition coefficient (Wildman–Crippen LogP) is 6.05. The lowest BCUT2D eigenvalue weighted by Crippen LogP contribution is -2.30. The standard InChI is InChI=1S/C26H19F4NO5S/c27-21-9-11-24(12-10-21)37(33,34)36-22-7-1-4-18(14-22)16-31(17-23-8-3-13-35-23)25(32)19-5-2-6-20(15-19)26(28,29)30/h1-15H,16-17H2. The molecule has 0 aliphatic rings. The van der Waals surface area contributed by atoms with Gasteiger partial charge in [-0.2, -0.15) is 21.6 Å². The SMILES string of the molecule is O=C(c1cccc(C(F)(F)F)c1)N(Cc1cccc(OS(=O)(=O)c2ccc(F)cc2)c1)Cc1ccco1. The third-order valence-corrected chi connectivity index (χ3v) is 6.49. The van der Waals surface area contributed by atoms with Gasteiger partial charge in [-0.3, -0.25) is 4.79 Å². The Kier molecular flexibility index (Phi) is 7.35. The Morgan fingerprint density at radius 1 is 0.892 bits per heavy atom. The molecule has 3 aromatic carbocycles. The number of hydrogen-bond donors (Lipinski definition) is 0. The molecule has 1 aromatic heterocycles. The molecule has 0 radical (unpaired) electrons. The van der Waals surface area contributed by atoms with Gasteiger partial charge in [0.05, 0.1) is 18.4 Å². The zero-order valence-corrected chi connectivity index (χ0v) is 19.8. The van der Waals surface area contributed by atoms with Gasteiger partial charge in [-0.15, -0.1) is 0 Å². The van der Waals surface area contributed by atoms with Crippen LogP contribution in [0.4, 0.5) is 17.6 Å². The molecule has 37 heavy (non-hydrogen) atoms. The number of hydrogen-bond acceptors (Lipinski definition) is 5. The van der Waals surface area contributed by atoms with Crippen LogP contribution in [-0.4, -0.2) is 19.2 Å². The second kappa shape index (κ2) is 10.5. The fourth-order valence-electron chi connectivity index (χ4n) is 3.49. The fourth-order valence-corrected chi connectivity index (χ4v) is 4.42. The van der Waals surface area contributed by atoms with Crippen molar-refractivity contribution in [3.05, 3.63) is 119 Å². The maximum Gasteiger partial charge on any atom is 0.416 e. The van der Waals surface area contributed by atoms with Crippen molar-refractivity contribution in [1.82, 2.24) is 4.90 Å². The summed E-state index contributed by atoms with van der Waals surface area (Å²) < 4.78 is 88.3. The zero-order valence-electron chi connectivity index (χ0n) is 19.0. The van der Waals surface area contributed by atoms with E-state index in [1.54, 1.807) is 18.2 Å². The van der Waals surface area contributed by atoms with Gasteiger partial charge in [-0.1, -0.05) is 18.2 Å². The lowest BCUT2D eigenvalue weighted by molar-refractivity contribution is -0.137. The van der Waals surface area contributed by atoms with Crippen LogP contribution in [0, 0.1) is 5.82 Å². The van der Waals surface area contributed by atoms with Gasteiger partial charge >= 0.3 is 16.3 Å². The molecule has 0 saturated heterocycles. The number of carbonyl (C=O) groups is 1. The van der Waals surface area contributed by atoms with Crippen molar-refractivity contribution < 1.29 is 39.4 Å². The van der Waals surface area contributed by atoms with E-state index in [9.17, 15) is 30.8 Å². The van der Waals surface area contributed by atoms with E-state index in [1.807, 2.05) is 0 Å². The van der Waals surface area contributed by atoms with Crippen molar-refractivity contribution in [2.45, 2.75) is 24.2 Å². The summed E-state index contributed by atoms with van der Waals surface area (Å²) in [5.41, 5.74) is -0.691. The minimum absolute atomic E-state index is 0.0545. The van der Waals surface area contributed by atoms with Crippen LogP contribution in [0.2, 0.25) is 0 Å². The highest BCUT2D eigenvalue weighted by atomic mass is 32.2. The molecule has 6 nitrogen and oxygen atoms in total. The number of alkyl halides is 3. The lowest BCUT2D eigenvalue weighted by atomic mass is 10.1. The molecule has 192 valence electrons. The van der Waals surface area contributed by atoms with Crippen molar-refractivity contribution in [1.29, 1.82) is 0 Å². The number of carbonyl (C=O) groups excluding carboxylic acids is 1. The number of rotatable bonds is 8. The van der Waals surface area contributed by atoms with Crippen LogP contribution in [0.1, 0.15) is 27.2 Å². The minimum Gasteiger partial charge on any atom is -0.467 e. The molecular weight excluding hydrogens is 514 g/mol. The molecule has 4 aromatic rings. The van der Waals surface area contributed by atoms with E-state index in [1.165, 1.54) is 35.4 Å². The average molecular weight is 533 g/mol. The zero-order chi connectivity index (χ0) is 26.6. The van der Waals surface area contributed by atoms with Gasteiger partial charge in [0.25, 0.3) is 5.91 Å². The van der Waals surface area contributed by atoms with E-state index in [2.05, 4.69) is 0 Å². The summed E-state index contributed by atoms with van der Waals surface area (Å²) in [5.74, 6) is -0.964. The van der Waals surface area contributed by atoms with Gasteiger partial charge in [-0.25, -0.2) is 4.39 Å². The van der Waals surface area contributed by atoms with Crippen LogP contribution in [0.15, 0.2) is 101 Å². The molecule has 0 aliphatic heterocycles. The summed E-state index contributed by atoms with van der Waals surface area (Å²) in [7, 11) is -4.26. The Balaban J connectivity index is 1.59. The van der Waals surface area contributed by atoms with E-state index in [0.29, 0.717) is 11.3 Å². The van der Waals surface area contributed by atoms with Crippen LogP contribution in [0.5, 0.6) is 5.75 Å². The second-order valence-electron chi connectivity index (χ2n) is 7.96. The largest absolute Gasteiger partial charge is 0.467 e. The Hall–Kier alpha value is -4.12. The Morgan fingerprint density at radius 2 is 1.62 bits per heavy atom. The maximum atomic E-state index is 13.2. The van der Waals surface area contributed by atoms with Gasteiger partial charge in [0.1, 0.15) is 22.2 Å². The molecule has 4 rings (SSSR count). The highest BCUT2D eigenvalue weighted by molar-refractivity contribution is 7.87. The van der Waals surface area contributed by atoms with Crippen molar-refractivity contribution in [2.24, 2.45) is 0 Å². The van der Waals surface area contributed by atoms with E-state index in [4.69, 9.17) is 8.60 Å². The molecule has 1 heterocycles. The molecule has 0 aliphatic carbocycles. The summed E-state index contributed by atoms with van der Waals surface area (Å²) in [6.07, 6.45) is -3.22. The lowest BCUT2D eigenvalue weighted by Gasteiger charge is -2.23. The van der Waals surface area contributed by atoms with Crippen molar-refractivity contribution in [3.8, 4) is 5.75 Å². The highest BCUT2D eigenvalue weighted by Crippen LogP contribution is 2.30. The first-order valence-electron chi connectivity index (χ1n) is 10.8. The second-order valence-corrected chi connectivity index (χ2v) is 9.50. The Morgan fingerprint density at radius 3 is 2.30 bits per heavy atom. The Labute approximate surface area is 209 Å². The van der Waals surface area contributed by atoms with Gasteiger partial charge in [0.15, 0.2) is 0 Å². The van der Waals surface area contributed by atoms with E-state index < -0.39 is 33.6 Å². The molecule has 0 atom stereocenters. The maximum absolute atomic E-state index is 13.2. The number of amides is 1. The first kappa shape index (κ1) is 26.0. The molecule has 0 bridgehead atoms. The average Bonchev–Trinajstić information content (AvgIpc) is 3.36. The van der Waals surface area contributed by atoms with Gasteiger partial charge in [-0.05, 0) is 72.3 Å². The van der Waals surface area contributed by atoms with Gasteiger partial charge in [0, 0.05) is 12.1 Å². The molecule has 0 spiro atoms.